The maximum absolute atomic E-state index is 14.3. The van der Waals surface area contributed by atoms with Crippen LogP contribution in [0.3, 0.4) is 0 Å². The number of nitrogens with zero attached hydrogens (tertiary/aromatic N) is 4. The maximum atomic E-state index is 14.3. The maximum Gasteiger partial charge on any atom is 0.407 e. The van der Waals surface area contributed by atoms with E-state index in [0.717, 1.165) is 28.2 Å². The summed E-state index contributed by atoms with van der Waals surface area (Å²) < 4.78 is 31.0. The van der Waals surface area contributed by atoms with E-state index in [1.54, 1.807) is 45.0 Å². The van der Waals surface area contributed by atoms with Crippen molar-refractivity contribution in [3.8, 4) is 22.8 Å². The highest BCUT2D eigenvalue weighted by Crippen LogP contribution is 2.33. The normalized spacial score (nSPS) is 18.9. The molecule has 0 radical (unpaired) electrons. The van der Waals surface area contributed by atoms with Gasteiger partial charge in [-0.05, 0) is 101 Å². The van der Waals surface area contributed by atoms with Crippen molar-refractivity contribution >= 4 is 41.1 Å². The number of hydrogen-bond acceptors (Lipinski definition) is 10. The first-order valence-electron chi connectivity index (χ1n) is 21.2. The summed E-state index contributed by atoms with van der Waals surface area (Å²) >= 11 is 12.6. The van der Waals surface area contributed by atoms with Gasteiger partial charge in [0.25, 0.3) is 0 Å². The van der Waals surface area contributed by atoms with Crippen LogP contribution in [0, 0.1) is 0 Å². The van der Waals surface area contributed by atoms with Crippen LogP contribution in [0.4, 0.5) is 4.79 Å². The molecule has 0 aliphatic carbocycles. The van der Waals surface area contributed by atoms with E-state index in [1.165, 1.54) is 9.80 Å². The van der Waals surface area contributed by atoms with Gasteiger partial charge >= 0.3 is 6.09 Å². The van der Waals surface area contributed by atoms with E-state index in [4.69, 9.17) is 46.9 Å². The van der Waals surface area contributed by atoms with E-state index in [2.05, 4.69) is 15.6 Å². The summed E-state index contributed by atoms with van der Waals surface area (Å²) in [4.78, 5) is 48.0. The molecule has 17 heteroatoms. The molecule has 0 spiro atoms. The van der Waals surface area contributed by atoms with Crippen LogP contribution in [0.5, 0.6) is 11.5 Å². The lowest BCUT2D eigenvalue weighted by Gasteiger charge is -2.44. The molecular weight excluding hydrogens is 851 g/mol. The highest BCUT2D eigenvalue weighted by Gasteiger charge is 2.50. The van der Waals surface area contributed by atoms with Crippen molar-refractivity contribution < 1.29 is 43.2 Å². The molecule has 4 aromatic rings. The molecule has 2 aliphatic rings. The minimum atomic E-state index is -1.09. The Hall–Kier alpha value is -4.74. The summed E-state index contributed by atoms with van der Waals surface area (Å²) in [6, 6.07) is 18.6. The smallest absolute Gasteiger partial charge is 0.407 e. The lowest BCUT2D eigenvalue weighted by atomic mass is 9.82. The monoisotopic (exact) mass is 908 g/mol. The third kappa shape index (κ3) is 12.5. The van der Waals surface area contributed by atoms with Crippen molar-refractivity contribution in [2.45, 2.75) is 83.5 Å². The largest absolute Gasteiger partial charge is 0.465 e. The van der Waals surface area contributed by atoms with Gasteiger partial charge < -0.3 is 48.9 Å². The van der Waals surface area contributed by atoms with Crippen molar-refractivity contribution in [1.29, 1.82) is 0 Å². The Morgan fingerprint density at radius 1 is 0.968 bits per heavy atom. The molecule has 2 saturated heterocycles. The van der Waals surface area contributed by atoms with Crippen molar-refractivity contribution in [3.05, 3.63) is 99.9 Å². The summed E-state index contributed by atoms with van der Waals surface area (Å²) in [6.07, 6.45) is 2.26. The summed E-state index contributed by atoms with van der Waals surface area (Å²) in [6.45, 7) is 10.9. The van der Waals surface area contributed by atoms with Gasteiger partial charge in [0.2, 0.25) is 11.8 Å². The molecule has 6 rings (SSSR count). The Morgan fingerprint density at radius 2 is 1.67 bits per heavy atom. The fourth-order valence-electron chi connectivity index (χ4n) is 7.98. The zero-order valence-electron chi connectivity index (χ0n) is 36.5. The van der Waals surface area contributed by atoms with Gasteiger partial charge in [-0.3, -0.25) is 14.5 Å². The molecule has 1 aromatic heterocycles. The molecule has 1 unspecified atom stereocenters. The number of rotatable bonds is 20. The second-order valence-electron chi connectivity index (χ2n) is 16.3. The topological polar surface area (TPSA) is 166 Å². The van der Waals surface area contributed by atoms with Crippen LogP contribution in [0.15, 0.2) is 72.9 Å². The standard InChI is InChI=1S/C46H58Cl2N6O9/c1-6-59-20-21-60-22-23-61-29-41-50-27-38(52(41)5)33-11-16-37(17-12-33)63-40-24-36(48)15-10-34(40)26-49-31(2)43(56)54-39(28-62-45(54,3)4)42(55)51-46(18-7-19-53(30-46)44(57)58)25-32-8-13-35(47)14-9-32/h8-17,24,27,31,39,49H,6-7,18-23,25-26,28-30H2,1-5H3,(H,51,55)(H,57,58)/t31?,39-,46+/m0/s1. The van der Waals surface area contributed by atoms with Gasteiger partial charge in [0.1, 0.15) is 35.7 Å². The minimum Gasteiger partial charge on any atom is -0.465 e. The third-order valence-electron chi connectivity index (χ3n) is 11.4. The second kappa shape index (κ2) is 21.8. The predicted molar refractivity (Wildman–Crippen MR) is 239 cm³/mol. The second-order valence-corrected chi connectivity index (χ2v) is 17.2. The Kier molecular flexibility index (Phi) is 16.5. The highest BCUT2D eigenvalue weighted by molar-refractivity contribution is 6.31. The molecule has 15 nitrogen and oxygen atoms in total. The molecule has 340 valence electrons. The molecule has 3 atom stereocenters. The van der Waals surface area contributed by atoms with E-state index in [1.807, 2.05) is 67.2 Å². The highest BCUT2D eigenvalue weighted by atomic mass is 35.5. The van der Waals surface area contributed by atoms with Gasteiger partial charge in [0, 0.05) is 54.5 Å². The summed E-state index contributed by atoms with van der Waals surface area (Å²) in [7, 11) is 1.95. The first-order valence-corrected chi connectivity index (χ1v) is 22.0. The Morgan fingerprint density at radius 3 is 2.38 bits per heavy atom. The number of piperidine rings is 1. The third-order valence-corrected chi connectivity index (χ3v) is 11.8. The van der Waals surface area contributed by atoms with E-state index >= 15 is 0 Å². The first kappa shape index (κ1) is 47.7. The summed E-state index contributed by atoms with van der Waals surface area (Å²) in [5, 5.41) is 17.5. The van der Waals surface area contributed by atoms with E-state index in [0.29, 0.717) is 87.0 Å². The molecule has 3 N–H and O–H groups in total. The van der Waals surface area contributed by atoms with E-state index in [9.17, 15) is 19.5 Å². The van der Waals surface area contributed by atoms with Gasteiger partial charge in [-0.25, -0.2) is 9.78 Å². The van der Waals surface area contributed by atoms with Gasteiger partial charge in [0.05, 0.1) is 56.5 Å². The zero-order chi connectivity index (χ0) is 45.1. The van der Waals surface area contributed by atoms with E-state index < -0.39 is 35.3 Å². The van der Waals surface area contributed by atoms with E-state index in [-0.39, 0.29) is 25.6 Å². The number of nitrogens with one attached hydrogen (secondary N) is 2. The number of imidazole rings is 1. The molecule has 63 heavy (non-hydrogen) atoms. The molecule has 0 bridgehead atoms. The molecule has 2 fully saturated rings. The van der Waals surface area contributed by atoms with Gasteiger partial charge in [-0.2, -0.15) is 0 Å². The number of aromatic nitrogens is 2. The van der Waals surface area contributed by atoms with Crippen LogP contribution < -0.4 is 15.4 Å². The van der Waals surface area contributed by atoms with Crippen molar-refractivity contribution in [1.82, 2.24) is 30.0 Å². The Bertz CT molecular complexity index is 2170. The first-order chi connectivity index (χ1) is 30.2. The fraction of sp³-hybridized carbons (Fsp3) is 0.478. The lowest BCUT2D eigenvalue weighted by molar-refractivity contribution is -0.152. The molecule has 0 saturated carbocycles. The van der Waals surface area contributed by atoms with Crippen LogP contribution in [-0.4, -0.2) is 118 Å². The van der Waals surface area contributed by atoms with Gasteiger partial charge in [0.15, 0.2) is 0 Å². The molecule has 3 aromatic carbocycles. The molecular formula is C46H58Cl2N6O9. The zero-order valence-corrected chi connectivity index (χ0v) is 38.0. The number of ether oxygens (including phenoxy) is 5. The number of hydrogen-bond donors (Lipinski definition) is 3. The molecule has 3 heterocycles. The van der Waals surface area contributed by atoms with Gasteiger partial charge in [-0.1, -0.05) is 41.4 Å². The number of likely N-dealkylation sites (tertiary alicyclic amines) is 1. The number of benzene rings is 3. The van der Waals surface area contributed by atoms with Gasteiger partial charge in [-0.15, -0.1) is 0 Å². The van der Waals surface area contributed by atoms with Crippen LogP contribution in [-0.2, 0) is 55.2 Å². The number of carbonyl (C=O) groups excluding carboxylic acids is 2. The number of carbonyl (C=O) groups is 3. The molecule has 2 aliphatic heterocycles. The van der Waals surface area contributed by atoms with Crippen LogP contribution >= 0.6 is 23.2 Å². The van der Waals surface area contributed by atoms with Crippen LogP contribution in [0.25, 0.3) is 11.3 Å². The average molecular weight is 910 g/mol. The SMILES string of the molecule is CCOCCOCCOCc1ncc(-c2ccc(Oc3cc(Cl)ccc3CNC(C)C(=O)N3[C@H](C(=O)N[C@@]4(Cc5ccc(Cl)cc5)CCCN(C(=O)O)C4)COC3(C)C)cc2)n1C. The Balaban J connectivity index is 1.08. The fourth-order valence-corrected chi connectivity index (χ4v) is 8.27. The average Bonchev–Trinajstić information content (AvgIpc) is 3.79. The van der Waals surface area contributed by atoms with Crippen molar-refractivity contribution in [2.75, 3.05) is 52.7 Å². The minimum absolute atomic E-state index is 0.0208. The van der Waals surface area contributed by atoms with Crippen molar-refractivity contribution in [3.63, 3.8) is 0 Å². The van der Waals surface area contributed by atoms with Crippen molar-refractivity contribution in [2.24, 2.45) is 7.05 Å². The Labute approximate surface area is 378 Å². The summed E-state index contributed by atoms with van der Waals surface area (Å²) in [5.41, 5.74) is 1.52. The number of carboxylic acid groups (broad SMARTS) is 1. The quantitative estimate of drug-likeness (QED) is 0.0777. The van der Waals surface area contributed by atoms with Crippen LogP contribution in [0.2, 0.25) is 10.0 Å². The summed E-state index contributed by atoms with van der Waals surface area (Å²) in [5.74, 6) is 1.14. The molecule has 3 amide bonds. The van der Waals surface area contributed by atoms with Crippen LogP contribution in [0.1, 0.15) is 57.5 Å². The number of amides is 3. The predicted octanol–water partition coefficient (Wildman–Crippen LogP) is 7.07. The number of halogens is 2. The lowest BCUT2D eigenvalue weighted by Crippen LogP contribution is -2.65.